The van der Waals surface area contributed by atoms with Gasteiger partial charge in [0.15, 0.2) is 0 Å². The van der Waals surface area contributed by atoms with Crippen LogP contribution in [0.2, 0.25) is 0 Å². The molecular weight excluding hydrogens is 604 g/mol. The lowest BCUT2D eigenvalue weighted by molar-refractivity contribution is -0.139. The molecule has 2 aromatic carbocycles. The van der Waals surface area contributed by atoms with Crippen LogP contribution in [-0.2, 0) is 31.2 Å². The minimum Gasteiger partial charge on any atom is -0.507 e. The summed E-state index contributed by atoms with van der Waals surface area (Å²) in [4.78, 5) is 22.5. The molecule has 0 fully saturated rings. The van der Waals surface area contributed by atoms with Crippen molar-refractivity contribution in [3.8, 4) is 11.5 Å². The van der Waals surface area contributed by atoms with Crippen molar-refractivity contribution >= 4 is 11.9 Å². The molecule has 0 spiro atoms. The Morgan fingerprint density at radius 3 is 0.875 bits per heavy atom. The Balaban J connectivity index is 0.000000754. The Morgan fingerprint density at radius 1 is 0.521 bits per heavy atom. The molecule has 8 heteroatoms. The number of benzene rings is 2. The first-order valence-corrected chi connectivity index (χ1v) is 17.2. The molecule has 0 aliphatic heterocycles. The fourth-order valence-corrected chi connectivity index (χ4v) is 5.03. The lowest BCUT2D eigenvalue weighted by Gasteiger charge is -2.28. The molecule has 274 valence electrons. The molecule has 0 bridgehead atoms. The summed E-state index contributed by atoms with van der Waals surface area (Å²) in [5.41, 5.74) is 14.3. The van der Waals surface area contributed by atoms with Gasteiger partial charge < -0.3 is 31.9 Å². The normalized spacial score (nSPS) is 13.4. The van der Waals surface area contributed by atoms with Crippen LogP contribution < -0.4 is 11.5 Å². The highest BCUT2D eigenvalue weighted by Gasteiger charge is 2.30. The fraction of sp³-hybridized carbons (Fsp3) is 0.650. The van der Waals surface area contributed by atoms with Gasteiger partial charge in [-0.3, -0.25) is 9.59 Å². The van der Waals surface area contributed by atoms with Crippen LogP contribution in [0.15, 0.2) is 24.3 Å². The molecule has 0 aliphatic carbocycles. The summed E-state index contributed by atoms with van der Waals surface area (Å²) in [5, 5.41) is 39.6. The van der Waals surface area contributed by atoms with Gasteiger partial charge >= 0.3 is 11.9 Å². The zero-order valence-corrected chi connectivity index (χ0v) is 32.5. The number of carboxylic acid groups (broad SMARTS) is 2. The van der Waals surface area contributed by atoms with E-state index >= 15 is 0 Å². The smallest absolute Gasteiger partial charge is 0.310 e. The molecule has 0 radical (unpaired) electrons. The molecule has 48 heavy (non-hydrogen) atoms. The predicted octanol–water partition coefficient (Wildman–Crippen LogP) is 8.81. The number of phenolic OH excluding ortho intramolecular Hbond substituents is 2. The summed E-state index contributed by atoms with van der Waals surface area (Å²) in [7, 11) is 0. The average molecular weight is 673 g/mol. The Hall–Kier alpha value is -3.10. The second-order valence-corrected chi connectivity index (χ2v) is 17.0. The van der Waals surface area contributed by atoms with Crippen molar-refractivity contribution in [3.63, 3.8) is 0 Å². The highest BCUT2D eigenvalue weighted by atomic mass is 16.4. The third-order valence-corrected chi connectivity index (χ3v) is 8.40. The molecule has 2 rings (SSSR count). The number of carbonyl (C=O) groups is 2. The van der Waals surface area contributed by atoms with Crippen molar-refractivity contribution in [2.45, 2.75) is 156 Å². The van der Waals surface area contributed by atoms with Gasteiger partial charge in [0.2, 0.25) is 0 Å². The molecule has 0 aliphatic rings. The molecule has 0 aromatic heterocycles. The SMILES string of the molecule is CC(C(=O)O)c1cc(C(C)(C)C)c(O)c(C(C)(C)C)c1.CC(C(=O)O)c1cc(C(C)(C)C)c(O)c(C(C)(C)C)c1.NCCCCCCN. The standard InChI is InChI=1S/2C17H26O3.C6H16N2/c2*1-10(15(19)20)11-8-12(16(2,3)4)14(18)13(9-11)17(5,6)7;7-5-3-1-2-4-6-8/h2*8-10,18H,1-7H3,(H,19,20);1-8H2. The monoisotopic (exact) mass is 673 g/mol. The van der Waals surface area contributed by atoms with E-state index in [1.807, 2.05) is 107 Å². The second-order valence-electron chi connectivity index (χ2n) is 17.0. The van der Waals surface area contributed by atoms with E-state index in [4.69, 9.17) is 11.5 Å². The molecule has 2 aromatic rings. The van der Waals surface area contributed by atoms with Crippen molar-refractivity contribution < 1.29 is 30.0 Å². The lowest BCUT2D eigenvalue weighted by Crippen LogP contribution is -2.19. The number of aliphatic carboxylic acids is 2. The van der Waals surface area contributed by atoms with Crippen LogP contribution in [-0.4, -0.2) is 45.5 Å². The van der Waals surface area contributed by atoms with Crippen LogP contribution in [0.25, 0.3) is 0 Å². The summed E-state index contributed by atoms with van der Waals surface area (Å²) < 4.78 is 0. The minimum atomic E-state index is -0.851. The maximum atomic E-state index is 11.2. The van der Waals surface area contributed by atoms with E-state index in [9.17, 15) is 30.0 Å². The number of unbranched alkanes of at least 4 members (excludes halogenated alkanes) is 3. The van der Waals surface area contributed by atoms with Crippen molar-refractivity contribution in [2.24, 2.45) is 11.5 Å². The van der Waals surface area contributed by atoms with Crippen LogP contribution in [0.1, 0.15) is 168 Å². The Labute approximate surface area is 291 Å². The summed E-state index contributed by atoms with van der Waals surface area (Å²) >= 11 is 0. The van der Waals surface area contributed by atoms with E-state index in [2.05, 4.69) is 0 Å². The molecule has 0 saturated heterocycles. The molecule has 0 amide bonds. The summed E-state index contributed by atoms with van der Waals surface area (Å²) in [6.07, 6.45) is 4.79. The quantitative estimate of drug-likeness (QED) is 0.144. The van der Waals surface area contributed by atoms with Crippen molar-refractivity contribution in [1.29, 1.82) is 0 Å². The number of hydrogen-bond donors (Lipinski definition) is 6. The van der Waals surface area contributed by atoms with E-state index in [0.717, 1.165) is 59.3 Å². The lowest BCUT2D eigenvalue weighted by atomic mass is 9.77. The number of nitrogens with two attached hydrogens (primary N) is 2. The molecule has 0 saturated carbocycles. The molecule has 2 atom stereocenters. The number of phenols is 2. The molecule has 2 unspecified atom stereocenters. The van der Waals surface area contributed by atoms with Crippen LogP contribution in [0.5, 0.6) is 11.5 Å². The number of hydrogen-bond acceptors (Lipinski definition) is 6. The van der Waals surface area contributed by atoms with Gasteiger partial charge in [0.25, 0.3) is 0 Å². The molecule has 0 heterocycles. The fourth-order valence-electron chi connectivity index (χ4n) is 5.03. The summed E-state index contributed by atoms with van der Waals surface area (Å²) in [5.74, 6) is -2.31. The number of aromatic hydroxyl groups is 2. The van der Waals surface area contributed by atoms with Crippen LogP contribution in [0, 0.1) is 0 Å². The highest BCUT2D eigenvalue weighted by Crippen LogP contribution is 2.42. The van der Waals surface area contributed by atoms with Crippen molar-refractivity contribution in [1.82, 2.24) is 0 Å². The van der Waals surface area contributed by atoms with Crippen molar-refractivity contribution in [3.05, 3.63) is 57.6 Å². The van der Waals surface area contributed by atoms with Gasteiger partial charge in [-0.2, -0.15) is 0 Å². The van der Waals surface area contributed by atoms with Gasteiger partial charge in [-0.1, -0.05) is 120 Å². The summed E-state index contributed by atoms with van der Waals surface area (Å²) in [6, 6.07) is 7.29. The second kappa shape index (κ2) is 18.1. The van der Waals surface area contributed by atoms with Gasteiger partial charge in [-0.25, -0.2) is 0 Å². The Bertz CT molecular complexity index is 1160. The molecule has 8 N–H and O–H groups in total. The third-order valence-electron chi connectivity index (χ3n) is 8.40. The third kappa shape index (κ3) is 13.8. The van der Waals surface area contributed by atoms with Crippen LogP contribution >= 0.6 is 0 Å². The van der Waals surface area contributed by atoms with Crippen LogP contribution in [0.4, 0.5) is 0 Å². The zero-order chi connectivity index (χ0) is 38.0. The molecular formula is C40H68N2O6. The maximum absolute atomic E-state index is 11.2. The van der Waals surface area contributed by atoms with E-state index in [1.54, 1.807) is 13.8 Å². The first-order chi connectivity index (χ1) is 21.6. The van der Waals surface area contributed by atoms with E-state index in [0.29, 0.717) is 0 Å². The van der Waals surface area contributed by atoms with E-state index in [1.165, 1.54) is 12.8 Å². The first-order valence-electron chi connectivity index (χ1n) is 17.2. The summed E-state index contributed by atoms with van der Waals surface area (Å²) in [6.45, 7) is 29.2. The van der Waals surface area contributed by atoms with E-state index in [-0.39, 0.29) is 33.2 Å². The average Bonchev–Trinajstić information content (AvgIpc) is 2.93. The number of rotatable bonds is 9. The topological polar surface area (TPSA) is 167 Å². The number of carboxylic acids is 2. The molecule has 8 nitrogen and oxygen atoms in total. The van der Waals surface area contributed by atoms with Gasteiger partial charge in [-0.05, 0) is 94.8 Å². The van der Waals surface area contributed by atoms with Gasteiger partial charge in [0.1, 0.15) is 11.5 Å². The predicted molar refractivity (Wildman–Crippen MR) is 200 cm³/mol. The largest absolute Gasteiger partial charge is 0.507 e. The van der Waals surface area contributed by atoms with Gasteiger partial charge in [0, 0.05) is 0 Å². The highest BCUT2D eigenvalue weighted by molar-refractivity contribution is 5.76. The van der Waals surface area contributed by atoms with Crippen LogP contribution in [0.3, 0.4) is 0 Å². The first kappa shape index (κ1) is 44.9. The maximum Gasteiger partial charge on any atom is 0.310 e. The van der Waals surface area contributed by atoms with Gasteiger partial charge in [-0.15, -0.1) is 0 Å². The Kier molecular flexibility index (Phi) is 16.9. The van der Waals surface area contributed by atoms with Gasteiger partial charge in [0.05, 0.1) is 11.8 Å². The van der Waals surface area contributed by atoms with Crippen molar-refractivity contribution in [2.75, 3.05) is 13.1 Å². The Morgan fingerprint density at radius 2 is 0.729 bits per heavy atom. The van der Waals surface area contributed by atoms with E-state index < -0.39 is 23.8 Å². The zero-order valence-electron chi connectivity index (χ0n) is 32.5. The minimum absolute atomic E-state index is 0.238.